The van der Waals surface area contributed by atoms with Crippen molar-refractivity contribution in [1.29, 1.82) is 0 Å². The molecular formula is C17H14BrClN2O. The van der Waals surface area contributed by atoms with E-state index in [0.717, 1.165) is 20.9 Å². The average Bonchev–Trinajstić information content (AvgIpc) is 2.85. The number of amides is 1. The van der Waals surface area contributed by atoms with E-state index in [-0.39, 0.29) is 11.9 Å². The number of fused-ring (bicyclic) bond motifs is 1. The number of H-pyrrole nitrogens is 1. The second-order valence-electron chi connectivity index (χ2n) is 5.08. The predicted molar refractivity (Wildman–Crippen MR) is 93.3 cm³/mol. The molecule has 1 unspecified atom stereocenters. The first-order valence-corrected chi connectivity index (χ1v) is 8.06. The van der Waals surface area contributed by atoms with E-state index in [1.165, 1.54) is 0 Å². The molecule has 0 aliphatic carbocycles. The van der Waals surface area contributed by atoms with Crippen LogP contribution in [0.3, 0.4) is 0 Å². The molecule has 0 saturated heterocycles. The van der Waals surface area contributed by atoms with Gasteiger partial charge in [0.2, 0.25) is 0 Å². The molecule has 0 aliphatic heterocycles. The Morgan fingerprint density at radius 3 is 2.59 bits per heavy atom. The minimum atomic E-state index is -0.181. The highest BCUT2D eigenvalue weighted by Crippen LogP contribution is 2.28. The first kappa shape index (κ1) is 15.1. The Kier molecular flexibility index (Phi) is 4.23. The number of benzene rings is 2. The molecule has 1 aromatic heterocycles. The molecule has 0 bridgehead atoms. The van der Waals surface area contributed by atoms with Crippen molar-refractivity contribution < 1.29 is 4.79 Å². The van der Waals surface area contributed by atoms with E-state index in [1.807, 2.05) is 55.5 Å². The average molecular weight is 378 g/mol. The van der Waals surface area contributed by atoms with E-state index in [1.54, 1.807) is 0 Å². The Balaban J connectivity index is 1.87. The van der Waals surface area contributed by atoms with E-state index >= 15 is 0 Å². The maximum Gasteiger partial charge on any atom is 0.269 e. The summed E-state index contributed by atoms with van der Waals surface area (Å²) in [6, 6.07) is 15.1. The monoisotopic (exact) mass is 376 g/mol. The molecule has 3 aromatic rings. The first-order valence-electron chi connectivity index (χ1n) is 6.89. The van der Waals surface area contributed by atoms with Gasteiger partial charge in [0.25, 0.3) is 5.91 Å². The van der Waals surface area contributed by atoms with Gasteiger partial charge in [-0.1, -0.05) is 48.0 Å². The molecule has 2 N–H and O–H groups in total. The molecule has 0 saturated carbocycles. The van der Waals surface area contributed by atoms with Crippen molar-refractivity contribution in [2.24, 2.45) is 0 Å². The molecule has 3 nitrogen and oxygen atoms in total. The highest BCUT2D eigenvalue weighted by Gasteiger charge is 2.18. The van der Waals surface area contributed by atoms with Crippen molar-refractivity contribution in [3.63, 3.8) is 0 Å². The minimum Gasteiger partial charge on any atom is -0.350 e. The predicted octanol–water partition coefficient (Wildman–Crippen LogP) is 5.07. The van der Waals surface area contributed by atoms with E-state index in [0.29, 0.717) is 10.7 Å². The largest absolute Gasteiger partial charge is 0.350 e. The molecule has 0 radical (unpaired) electrons. The van der Waals surface area contributed by atoms with Gasteiger partial charge in [-0.3, -0.25) is 4.79 Å². The van der Waals surface area contributed by atoms with Gasteiger partial charge in [0.05, 0.1) is 10.5 Å². The lowest BCUT2D eigenvalue weighted by Gasteiger charge is -2.15. The van der Waals surface area contributed by atoms with Crippen LogP contribution in [-0.2, 0) is 0 Å². The summed E-state index contributed by atoms with van der Waals surface area (Å²) in [6.07, 6.45) is 0. The van der Waals surface area contributed by atoms with Crippen LogP contribution in [0, 0.1) is 0 Å². The highest BCUT2D eigenvalue weighted by molar-refractivity contribution is 9.10. The standard InChI is InChI=1S/C17H14BrClN2O/c1-10(11-6-2-4-8-13(11)19)20-17(22)16-15(18)12-7-3-5-9-14(12)21-16/h2-10,21H,1H3,(H,20,22). The SMILES string of the molecule is CC(NC(=O)c1[nH]c2ccccc2c1Br)c1ccccc1Cl. The lowest BCUT2D eigenvalue weighted by Crippen LogP contribution is -2.27. The van der Waals surface area contributed by atoms with Crippen molar-refractivity contribution in [3.05, 3.63) is 69.3 Å². The van der Waals surface area contributed by atoms with Crippen molar-refractivity contribution >= 4 is 44.3 Å². The molecule has 0 spiro atoms. The van der Waals surface area contributed by atoms with Crippen molar-refractivity contribution in [1.82, 2.24) is 10.3 Å². The van der Waals surface area contributed by atoms with Gasteiger partial charge >= 0.3 is 0 Å². The Morgan fingerprint density at radius 1 is 1.18 bits per heavy atom. The van der Waals surface area contributed by atoms with Crippen LogP contribution >= 0.6 is 27.5 Å². The first-order chi connectivity index (χ1) is 10.6. The molecular weight excluding hydrogens is 364 g/mol. The quantitative estimate of drug-likeness (QED) is 0.657. The summed E-state index contributed by atoms with van der Waals surface area (Å²) in [6.45, 7) is 1.91. The van der Waals surface area contributed by atoms with Gasteiger partial charge in [0, 0.05) is 15.9 Å². The summed E-state index contributed by atoms with van der Waals surface area (Å²) < 4.78 is 0.770. The maximum absolute atomic E-state index is 12.5. The zero-order chi connectivity index (χ0) is 15.7. The number of carbonyl (C=O) groups is 1. The molecule has 5 heteroatoms. The van der Waals surface area contributed by atoms with E-state index in [9.17, 15) is 4.79 Å². The van der Waals surface area contributed by atoms with E-state index < -0.39 is 0 Å². The summed E-state index contributed by atoms with van der Waals surface area (Å²) in [7, 11) is 0. The third-order valence-electron chi connectivity index (χ3n) is 3.59. The highest BCUT2D eigenvalue weighted by atomic mass is 79.9. The van der Waals surface area contributed by atoms with Gasteiger partial charge in [-0.15, -0.1) is 0 Å². The Hall–Kier alpha value is -1.78. The lowest BCUT2D eigenvalue weighted by atomic mass is 10.1. The number of halogens is 2. The molecule has 22 heavy (non-hydrogen) atoms. The third kappa shape index (κ3) is 2.76. The molecule has 0 fully saturated rings. The van der Waals surface area contributed by atoms with Crippen LogP contribution in [0.25, 0.3) is 10.9 Å². The Bertz CT molecular complexity index is 844. The van der Waals surface area contributed by atoms with Crippen LogP contribution in [0.1, 0.15) is 29.0 Å². The summed E-state index contributed by atoms with van der Waals surface area (Å²) in [4.78, 5) is 15.7. The molecule has 112 valence electrons. The van der Waals surface area contributed by atoms with Crippen LogP contribution in [-0.4, -0.2) is 10.9 Å². The number of nitrogens with one attached hydrogen (secondary N) is 2. The maximum atomic E-state index is 12.5. The summed E-state index contributed by atoms with van der Waals surface area (Å²) in [5.74, 6) is -0.171. The minimum absolute atomic E-state index is 0.171. The van der Waals surface area contributed by atoms with Crippen molar-refractivity contribution in [2.45, 2.75) is 13.0 Å². The fraction of sp³-hybridized carbons (Fsp3) is 0.118. The molecule has 3 rings (SSSR count). The van der Waals surface area contributed by atoms with Gasteiger partial charge in [0.15, 0.2) is 0 Å². The number of aromatic nitrogens is 1. The number of hydrogen-bond acceptors (Lipinski definition) is 1. The van der Waals surface area contributed by atoms with Gasteiger partial charge in [-0.2, -0.15) is 0 Å². The van der Waals surface area contributed by atoms with Crippen LogP contribution in [0.4, 0.5) is 0 Å². The fourth-order valence-corrected chi connectivity index (χ4v) is 3.36. The lowest BCUT2D eigenvalue weighted by molar-refractivity contribution is 0.0935. The number of aromatic amines is 1. The topological polar surface area (TPSA) is 44.9 Å². The van der Waals surface area contributed by atoms with Gasteiger partial charge < -0.3 is 10.3 Å². The van der Waals surface area contributed by atoms with Crippen LogP contribution < -0.4 is 5.32 Å². The molecule has 2 aromatic carbocycles. The van der Waals surface area contributed by atoms with Crippen molar-refractivity contribution in [2.75, 3.05) is 0 Å². The second-order valence-corrected chi connectivity index (χ2v) is 6.28. The van der Waals surface area contributed by atoms with Crippen LogP contribution in [0.2, 0.25) is 5.02 Å². The number of rotatable bonds is 3. The van der Waals surface area contributed by atoms with Crippen LogP contribution in [0.5, 0.6) is 0 Å². The second kappa shape index (κ2) is 6.15. The normalized spacial score (nSPS) is 12.3. The Labute approximate surface area is 141 Å². The summed E-state index contributed by atoms with van der Waals surface area (Å²) in [5, 5.41) is 4.60. The van der Waals surface area contributed by atoms with Crippen LogP contribution in [0.15, 0.2) is 53.0 Å². The molecule has 1 atom stereocenters. The number of para-hydroxylation sites is 1. The smallest absolute Gasteiger partial charge is 0.269 e. The summed E-state index contributed by atoms with van der Waals surface area (Å²) in [5.41, 5.74) is 2.33. The van der Waals surface area contributed by atoms with E-state index in [4.69, 9.17) is 11.6 Å². The van der Waals surface area contributed by atoms with E-state index in [2.05, 4.69) is 26.2 Å². The fourth-order valence-electron chi connectivity index (χ4n) is 2.44. The zero-order valence-electron chi connectivity index (χ0n) is 11.9. The number of hydrogen-bond donors (Lipinski definition) is 2. The number of carbonyl (C=O) groups excluding carboxylic acids is 1. The van der Waals surface area contributed by atoms with Gasteiger partial charge in [-0.25, -0.2) is 0 Å². The zero-order valence-corrected chi connectivity index (χ0v) is 14.2. The summed E-state index contributed by atoms with van der Waals surface area (Å²) >= 11 is 9.67. The molecule has 1 amide bonds. The van der Waals surface area contributed by atoms with Gasteiger partial charge in [0.1, 0.15) is 5.69 Å². The molecule has 1 heterocycles. The third-order valence-corrected chi connectivity index (χ3v) is 4.76. The molecule has 0 aliphatic rings. The van der Waals surface area contributed by atoms with Gasteiger partial charge in [-0.05, 0) is 40.5 Å². The Morgan fingerprint density at radius 2 is 1.86 bits per heavy atom. The van der Waals surface area contributed by atoms with Crippen molar-refractivity contribution in [3.8, 4) is 0 Å².